The Morgan fingerprint density at radius 2 is 1.71 bits per heavy atom. The van der Waals surface area contributed by atoms with E-state index in [1.165, 1.54) is 11.1 Å². The van der Waals surface area contributed by atoms with Crippen molar-refractivity contribution in [3.63, 3.8) is 0 Å². The number of hydrogen-bond donors (Lipinski definition) is 5. The molecule has 1 saturated carbocycles. The maximum atomic E-state index is 12.7. The van der Waals surface area contributed by atoms with Gasteiger partial charge in [0.2, 0.25) is 0 Å². The summed E-state index contributed by atoms with van der Waals surface area (Å²) in [4.78, 5) is 36.0. The molecule has 0 unspecified atom stereocenters. The number of H-pyrrole nitrogens is 1. The number of hydrogen-bond acceptors (Lipinski definition) is 6. The predicted octanol–water partition coefficient (Wildman–Crippen LogP) is 1.56. The molecule has 1 heterocycles. The van der Waals surface area contributed by atoms with Gasteiger partial charge in [-0.05, 0) is 29.5 Å². The quantitative estimate of drug-likeness (QED) is 0.287. The van der Waals surface area contributed by atoms with Crippen LogP contribution in [0.25, 0.3) is 11.1 Å². The zero-order valence-electron chi connectivity index (χ0n) is 18.3. The van der Waals surface area contributed by atoms with Crippen LogP contribution in [0.1, 0.15) is 39.4 Å². The van der Waals surface area contributed by atoms with E-state index in [4.69, 9.17) is 5.11 Å². The van der Waals surface area contributed by atoms with Crippen molar-refractivity contribution in [3.8, 4) is 11.1 Å². The molecule has 0 saturated heterocycles. The van der Waals surface area contributed by atoms with E-state index in [0.717, 1.165) is 29.5 Å². The Bertz CT molecular complexity index is 1160. The van der Waals surface area contributed by atoms with Crippen LogP contribution in [0.15, 0.2) is 60.7 Å². The standard InChI is InChI=1S/C24H25N5O5/c30-21(24(33)34)14-29(13-15-6-8-17(9-7-15)16-4-2-1-3-5-16)28-23(32)20-12-19(26-27-20)22(31)25-18-10-11-18/h1-9,12,18,21,30H,10-11,13-14H2,(H,25,31)(H,26,27)(H,28,32)(H,33,34)/t21-/m1/s1. The van der Waals surface area contributed by atoms with Gasteiger partial charge < -0.3 is 15.5 Å². The van der Waals surface area contributed by atoms with E-state index in [-0.39, 0.29) is 36.4 Å². The number of carboxylic acid groups (broad SMARTS) is 1. The smallest absolute Gasteiger partial charge is 0.333 e. The van der Waals surface area contributed by atoms with Gasteiger partial charge in [-0.15, -0.1) is 0 Å². The average molecular weight is 463 g/mol. The maximum absolute atomic E-state index is 12.7. The van der Waals surface area contributed by atoms with E-state index in [1.807, 2.05) is 54.6 Å². The number of carbonyl (C=O) groups is 3. The van der Waals surface area contributed by atoms with Gasteiger partial charge in [-0.2, -0.15) is 5.10 Å². The number of aliphatic carboxylic acids is 1. The number of carbonyl (C=O) groups excluding carboxylic acids is 2. The Morgan fingerprint density at radius 1 is 1.03 bits per heavy atom. The number of hydrazine groups is 1. The Kier molecular flexibility index (Phi) is 7.00. The number of aliphatic hydroxyl groups excluding tert-OH is 1. The number of amides is 2. The lowest BCUT2D eigenvalue weighted by molar-refractivity contribution is -0.148. The minimum atomic E-state index is -1.71. The van der Waals surface area contributed by atoms with Crippen molar-refractivity contribution in [1.29, 1.82) is 0 Å². The third-order valence-electron chi connectivity index (χ3n) is 5.34. The molecule has 0 spiro atoms. The van der Waals surface area contributed by atoms with Gasteiger partial charge in [0, 0.05) is 18.7 Å². The molecule has 1 aliphatic rings. The summed E-state index contributed by atoms with van der Waals surface area (Å²) in [5, 5.41) is 29.5. The summed E-state index contributed by atoms with van der Waals surface area (Å²) in [6.07, 6.45) is 0.156. The van der Waals surface area contributed by atoms with Gasteiger partial charge in [0.05, 0.1) is 6.54 Å². The number of carboxylic acids is 1. The summed E-state index contributed by atoms with van der Waals surface area (Å²) in [6, 6.07) is 18.9. The van der Waals surface area contributed by atoms with Gasteiger partial charge in [0.15, 0.2) is 11.8 Å². The zero-order valence-corrected chi connectivity index (χ0v) is 18.3. The van der Waals surface area contributed by atoms with Gasteiger partial charge in [-0.25, -0.2) is 9.80 Å². The molecule has 1 aromatic heterocycles. The highest BCUT2D eigenvalue weighted by Gasteiger charge is 2.26. The van der Waals surface area contributed by atoms with E-state index < -0.39 is 18.0 Å². The Labute approximate surface area is 195 Å². The molecule has 0 bridgehead atoms. The molecular formula is C24H25N5O5. The number of aromatic amines is 1. The van der Waals surface area contributed by atoms with Crippen LogP contribution in [0.2, 0.25) is 0 Å². The zero-order chi connectivity index (χ0) is 24.1. The van der Waals surface area contributed by atoms with Crippen LogP contribution in [-0.2, 0) is 11.3 Å². The molecule has 0 radical (unpaired) electrons. The Balaban J connectivity index is 1.44. The summed E-state index contributed by atoms with van der Waals surface area (Å²) in [7, 11) is 0. The van der Waals surface area contributed by atoms with Gasteiger partial charge in [-0.3, -0.25) is 20.1 Å². The molecule has 1 aliphatic carbocycles. The lowest BCUT2D eigenvalue weighted by Gasteiger charge is -2.24. The highest BCUT2D eigenvalue weighted by molar-refractivity contribution is 5.97. The van der Waals surface area contributed by atoms with E-state index in [9.17, 15) is 19.5 Å². The molecular weight excluding hydrogens is 438 g/mol. The second-order valence-corrected chi connectivity index (χ2v) is 8.15. The minimum Gasteiger partial charge on any atom is -0.479 e. The maximum Gasteiger partial charge on any atom is 0.333 e. The molecule has 1 fully saturated rings. The van der Waals surface area contributed by atoms with Crippen molar-refractivity contribution >= 4 is 17.8 Å². The molecule has 3 aromatic rings. The first-order valence-corrected chi connectivity index (χ1v) is 10.9. The highest BCUT2D eigenvalue weighted by atomic mass is 16.4. The van der Waals surface area contributed by atoms with Gasteiger partial charge in [0.1, 0.15) is 5.69 Å². The Hall–Kier alpha value is -4.02. The molecule has 2 amide bonds. The lowest BCUT2D eigenvalue weighted by atomic mass is 10.0. The van der Waals surface area contributed by atoms with Crippen molar-refractivity contribution in [1.82, 2.24) is 25.9 Å². The largest absolute Gasteiger partial charge is 0.479 e. The topological polar surface area (TPSA) is 148 Å². The van der Waals surface area contributed by atoms with Gasteiger partial charge >= 0.3 is 5.97 Å². The number of rotatable bonds is 10. The third kappa shape index (κ3) is 6.06. The average Bonchev–Trinajstić information content (AvgIpc) is 3.50. The van der Waals surface area contributed by atoms with Crippen LogP contribution >= 0.6 is 0 Å². The predicted molar refractivity (Wildman–Crippen MR) is 122 cm³/mol. The van der Waals surface area contributed by atoms with Crippen molar-refractivity contribution < 1.29 is 24.6 Å². The molecule has 176 valence electrons. The summed E-state index contributed by atoms with van der Waals surface area (Å²) in [5.41, 5.74) is 5.57. The van der Waals surface area contributed by atoms with E-state index >= 15 is 0 Å². The normalized spacial score (nSPS) is 13.9. The lowest BCUT2D eigenvalue weighted by Crippen LogP contribution is -2.47. The molecule has 4 rings (SSSR count). The molecule has 34 heavy (non-hydrogen) atoms. The molecule has 5 N–H and O–H groups in total. The SMILES string of the molecule is O=C(NN(Cc1ccc(-c2ccccc2)cc1)C[C@@H](O)C(=O)O)c1cc(C(=O)NC2CC2)[nH]n1. The number of benzene rings is 2. The first-order chi connectivity index (χ1) is 16.4. The fourth-order valence-electron chi connectivity index (χ4n) is 3.34. The number of nitrogens with one attached hydrogen (secondary N) is 3. The summed E-state index contributed by atoms with van der Waals surface area (Å²) < 4.78 is 0. The van der Waals surface area contributed by atoms with Gasteiger partial charge in [-0.1, -0.05) is 54.6 Å². The van der Waals surface area contributed by atoms with Crippen LogP contribution < -0.4 is 10.7 Å². The van der Waals surface area contributed by atoms with Crippen molar-refractivity contribution in [3.05, 3.63) is 77.6 Å². The van der Waals surface area contributed by atoms with E-state index in [2.05, 4.69) is 20.9 Å². The van der Waals surface area contributed by atoms with Crippen LogP contribution in [0.3, 0.4) is 0 Å². The summed E-state index contributed by atoms with van der Waals surface area (Å²) in [6.45, 7) is -0.203. The third-order valence-corrected chi connectivity index (χ3v) is 5.34. The van der Waals surface area contributed by atoms with Crippen molar-refractivity contribution in [2.24, 2.45) is 0 Å². The van der Waals surface area contributed by atoms with E-state index in [0.29, 0.717) is 0 Å². The number of nitrogens with zero attached hydrogens (tertiary/aromatic N) is 2. The molecule has 2 aromatic carbocycles. The first-order valence-electron chi connectivity index (χ1n) is 10.9. The van der Waals surface area contributed by atoms with Crippen LogP contribution in [-0.4, -0.2) is 61.9 Å². The molecule has 1 atom stereocenters. The minimum absolute atomic E-state index is 0.0322. The second-order valence-electron chi connectivity index (χ2n) is 8.15. The fraction of sp³-hybridized carbons (Fsp3) is 0.250. The molecule has 10 nitrogen and oxygen atoms in total. The van der Waals surface area contributed by atoms with Gasteiger partial charge in [0.25, 0.3) is 11.8 Å². The van der Waals surface area contributed by atoms with Crippen LogP contribution in [0.5, 0.6) is 0 Å². The fourth-order valence-corrected chi connectivity index (χ4v) is 3.34. The number of aliphatic hydroxyl groups is 1. The van der Waals surface area contributed by atoms with Crippen molar-refractivity contribution in [2.75, 3.05) is 6.54 Å². The van der Waals surface area contributed by atoms with Crippen LogP contribution in [0, 0.1) is 0 Å². The first kappa shape index (κ1) is 23.1. The molecule has 10 heteroatoms. The highest BCUT2D eigenvalue weighted by Crippen LogP contribution is 2.20. The van der Waals surface area contributed by atoms with E-state index in [1.54, 1.807) is 0 Å². The Morgan fingerprint density at radius 3 is 2.35 bits per heavy atom. The summed E-state index contributed by atoms with van der Waals surface area (Å²) >= 11 is 0. The second kappa shape index (κ2) is 10.3. The monoisotopic (exact) mass is 463 g/mol. The number of aromatic nitrogens is 2. The van der Waals surface area contributed by atoms with Crippen molar-refractivity contribution in [2.45, 2.75) is 31.5 Å². The molecule has 0 aliphatic heterocycles. The summed E-state index contributed by atoms with van der Waals surface area (Å²) in [5.74, 6) is -2.39. The van der Waals surface area contributed by atoms with Crippen LogP contribution in [0.4, 0.5) is 0 Å².